The number of hydrogen-bond donors (Lipinski definition) is 1. The van der Waals surface area contributed by atoms with Crippen LogP contribution in [0.5, 0.6) is 0 Å². The highest BCUT2D eigenvalue weighted by molar-refractivity contribution is 7.91. The van der Waals surface area contributed by atoms with E-state index >= 15 is 0 Å². The lowest BCUT2D eigenvalue weighted by Crippen LogP contribution is -2.30. The van der Waals surface area contributed by atoms with Gasteiger partial charge in [0.25, 0.3) is 0 Å². The van der Waals surface area contributed by atoms with Crippen LogP contribution in [0.2, 0.25) is 0 Å². The number of nitrogens with zero attached hydrogens (tertiary/aromatic N) is 1. The predicted octanol–water partition coefficient (Wildman–Crippen LogP) is 3.57. The molecule has 0 aliphatic rings. The highest BCUT2D eigenvalue weighted by atomic mass is 32.2. The van der Waals surface area contributed by atoms with Crippen molar-refractivity contribution < 1.29 is 22.8 Å². The summed E-state index contributed by atoms with van der Waals surface area (Å²) >= 11 is -1.63. The van der Waals surface area contributed by atoms with E-state index in [1.54, 1.807) is 20.8 Å². The van der Waals surface area contributed by atoms with E-state index in [0.717, 1.165) is 13.0 Å². The van der Waals surface area contributed by atoms with Crippen LogP contribution in [0.25, 0.3) is 0 Å². The van der Waals surface area contributed by atoms with Gasteiger partial charge in [0.1, 0.15) is 28.0 Å². The largest absolute Gasteiger partial charge is 0.591 e. The first-order valence-electron chi connectivity index (χ1n) is 6.71. The van der Waals surface area contributed by atoms with Gasteiger partial charge < -0.3 is 9.66 Å². The maximum Gasteiger partial charge on any atom is 0.301 e. The van der Waals surface area contributed by atoms with Crippen LogP contribution in [0.15, 0.2) is 22.6 Å². The van der Waals surface area contributed by atoms with Gasteiger partial charge in [-0.2, -0.15) is 8.78 Å². The molecule has 22 heavy (non-hydrogen) atoms. The standard InChI is InChI=1S/C15H20F3NO2S/c1-9(19-22(21)14(3,4)5)11-7-6-8-12(13(11)16)15(17,18)10(2)20/h6-8,10,20H,1-5H3/b19-9-/t10?,22-/m0/s1. The molecule has 0 aromatic heterocycles. The van der Waals surface area contributed by atoms with Gasteiger partial charge in [-0.25, -0.2) is 4.39 Å². The Balaban J connectivity index is 3.32. The van der Waals surface area contributed by atoms with Crippen LogP contribution in [0, 0.1) is 5.82 Å². The second kappa shape index (κ2) is 6.60. The Bertz CT molecular complexity index is 568. The summed E-state index contributed by atoms with van der Waals surface area (Å²) in [6.07, 6.45) is -2.03. The molecule has 0 amide bonds. The Kier molecular flexibility index (Phi) is 5.70. The van der Waals surface area contributed by atoms with Crippen molar-refractivity contribution in [3.05, 3.63) is 35.1 Å². The normalized spacial score (nSPS) is 16.5. The SMILES string of the molecule is C/C(=N/[S@@+]([O-])C(C)(C)C)c1cccc(C(F)(F)C(C)O)c1F. The van der Waals surface area contributed by atoms with Crippen molar-refractivity contribution >= 4 is 17.1 Å². The van der Waals surface area contributed by atoms with Gasteiger partial charge in [0.15, 0.2) is 0 Å². The van der Waals surface area contributed by atoms with Crippen molar-refractivity contribution in [3.8, 4) is 0 Å². The molecule has 1 N–H and O–H groups in total. The highest BCUT2D eigenvalue weighted by Gasteiger charge is 2.40. The third-order valence-corrected chi connectivity index (χ3v) is 4.50. The molecule has 0 fully saturated rings. The van der Waals surface area contributed by atoms with E-state index in [-0.39, 0.29) is 11.3 Å². The molecule has 0 aliphatic carbocycles. The molecule has 1 aromatic carbocycles. The zero-order valence-corrected chi connectivity index (χ0v) is 14.0. The van der Waals surface area contributed by atoms with Crippen molar-refractivity contribution in [3.63, 3.8) is 0 Å². The van der Waals surface area contributed by atoms with Crippen molar-refractivity contribution in [1.82, 2.24) is 0 Å². The van der Waals surface area contributed by atoms with Crippen LogP contribution in [-0.2, 0) is 17.3 Å². The summed E-state index contributed by atoms with van der Waals surface area (Å²) in [5.74, 6) is -4.88. The molecule has 1 unspecified atom stereocenters. The fourth-order valence-electron chi connectivity index (χ4n) is 1.60. The van der Waals surface area contributed by atoms with Crippen LogP contribution in [0.1, 0.15) is 45.7 Å². The molecule has 0 spiro atoms. The Morgan fingerprint density at radius 2 is 1.86 bits per heavy atom. The number of benzene rings is 1. The van der Waals surface area contributed by atoms with Gasteiger partial charge in [0, 0.05) is 5.56 Å². The summed E-state index contributed by atoms with van der Waals surface area (Å²) in [5, 5.41) is 9.14. The summed E-state index contributed by atoms with van der Waals surface area (Å²) in [4.78, 5) is 0. The maximum atomic E-state index is 14.4. The monoisotopic (exact) mass is 335 g/mol. The van der Waals surface area contributed by atoms with E-state index in [2.05, 4.69) is 4.40 Å². The van der Waals surface area contributed by atoms with E-state index < -0.39 is 39.5 Å². The van der Waals surface area contributed by atoms with Crippen LogP contribution < -0.4 is 0 Å². The molecular formula is C15H20F3NO2S. The number of hydrogen-bond acceptors (Lipinski definition) is 3. The molecule has 0 bridgehead atoms. The lowest BCUT2D eigenvalue weighted by Gasteiger charge is -2.22. The summed E-state index contributed by atoms with van der Waals surface area (Å²) in [7, 11) is 0. The van der Waals surface area contributed by atoms with E-state index in [1.165, 1.54) is 19.1 Å². The second-order valence-electron chi connectivity index (χ2n) is 6.00. The average Bonchev–Trinajstić information content (AvgIpc) is 2.37. The summed E-state index contributed by atoms with van der Waals surface area (Å²) in [5.41, 5.74) is -1.000. The first-order chi connectivity index (χ1) is 9.89. The Hall–Kier alpha value is -1.05. The summed E-state index contributed by atoms with van der Waals surface area (Å²) < 4.78 is 57.3. The van der Waals surface area contributed by atoms with Crippen LogP contribution in [-0.4, -0.2) is 26.2 Å². The van der Waals surface area contributed by atoms with Gasteiger partial charge in [-0.3, -0.25) is 0 Å². The zero-order valence-electron chi connectivity index (χ0n) is 13.2. The van der Waals surface area contributed by atoms with Gasteiger partial charge in [-0.15, -0.1) is 0 Å². The molecule has 1 rings (SSSR count). The molecule has 0 saturated heterocycles. The number of rotatable bonds is 4. The van der Waals surface area contributed by atoms with E-state index in [9.17, 15) is 17.7 Å². The fraction of sp³-hybridized carbons (Fsp3) is 0.533. The highest BCUT2D eigenvalue weighted by Crippen LogP contribution is 2.34. The molecule has 0 radical (unpaired) electrons. The third-order valence-electron chi connectivity index (χ3n) is 3.02. The van der Waals surface area contributed by atoms with Crippen molar-refractivity contribution in [2.75, 3.05) is 0 Å². The van der Waals surface area contributed by atoms with E-state index in [4.69, 9.17) is 5.11 Å². The van der Waals surface area contributed by atoms with Crippen molar-refractivity contribution in [2.45, 2.75) is 51.4 Å². The molecule has 0 aliphatic heterocycles. The first-order valence-corrected chi connectivity index (χ1v) is 7.82. The summed E-state index contributed by atoms with van der Waals surface area (Å²) in [6.45, 7) is 7.41. The lowest BCUT2D eigenvalue weighted by atomic mass is 9.99. The number of halogens is 3. The third kappa shape index (κ3) is 4.02. The molecule has 7 heteroatoms. The minimum absolute atomic E-state index is 0.0639. The molecular weight excluding hydrogens is 315 g/mol. The minimum atomic E-state index is -3.72. The molecule has 3 nitrogen and oxygen atoms in total. The fourth-order valence-corrected chi connectivity index (χ4v) is 2.23. The quantitative estimate of drug-likeness (QED) is 0.675. The van der Waals surface area contributed by atoms with Crippen LogP contribution in [0.3, 0.4) is 0 Å². The van der Waals surface area contributed by atoms with Gasteiger partial charge in [0.05, 0.1) is 11.3 Å². The van der Waals surface area contributed by atoms with Crippen LogP contribution in [0.4, 0.5) is 13.2 Å². The van der Waals surface area contributed by atoms with Crippen molar-refractivity contribution in [2.24, 2.45) is 4.40 Å². The molecule has 0 saturated carbocycles. The zero-order chi connectivity index (χ0) is 17.3. The number of aliphatic hydroxyl groups is 1. The Morgan fingerprint density at radius 1 is 1.32 bits per heavy atom. The van der Waals surface area contributed by atoms with E-state index in [0.29, 0.717) is 0 Å². The van der Waals surface area contributed by atoms with Gasteiger partial charge in [-0.1, -0.05) is 16.5 Å². The smallest absolute Gasteiger partial charge is 0.301 e. The van der Waals surface area contributed by atoms with E-state index in [1.807, 2.05) is 0 Å². The molecule has 124 valence electrons. The minimum Gasteiger partial charge on any atom is -0.591 e. The number of alkyl halides is 2. The molecule has 2 atom stereocenters. The molecule has 0 heterocycles. The first kappa shape index (κ1) is 19.0. The topological polar surface area (TPSA) is 55.7 Å². The summed E-state index contributed by atoms with van der Waals surface area (Å²) in [6, 6.07) is 3.46. The number of aliphatic hydroxyl groups excluding tert-OH is 1. The second-order valence-corrected chi connectivity index (χ2v) is 7.91. The van der Waals surface area contributed by atoms with Crippen LogP contribution >= 0.6 is 0 Å². The van der Waals surface area contributed by atoms with Gasteiger partial charge >= 0.3 is 5.92 Å². The van der Waals surface area contributed by atoms with Crippen molar-refractivity contribution in [1.29, 1.82) is 0 Å². The average molecular weight is 335 g/mol. The lowest BCUT2D eigenvalue weighted by molar-refractivity contribution is -0.108. The van der Waals surface area contributed by atoms with Gasteiger partial charge in [-0.05, 0) is 40.7 Å². The predicted molar refractivity (Wildman–Crippen MR) is 82.1 cm³/mol. The Morgan fingerprint density at radius 3 is 2.32 bits per heavy atom. The Labute approximate surface area is 131 Å². The van der Waals surface area contributed by atoms with Gasteiger partial charge in [0.2, 0.25) is 0 Å². The molecule has 1 aromatic rings. The maximum absolute atomic E-state index is 14.4.